The zero-order valence-corrected chi connectivity index (χ0v) is 16.3. The largest absolute Gasteiger partial charge is 0.442 e. The van der Waals surface area contributed by atoms with Crippen molar-refractivity contribution in [1.82, 2.24) is 10.6 Å². The van der Waals surface area contributed by atoms with Gasteiger partial charge in [-0.25, -0.2) is 9.59 Å². The van der Waals surface area contributed by atoms with Gasteiger partial charge in [0.05, 0.1) is 0 Å². The van der Waals surface area contributed by atoms with E-state index in [-0.39, 0.29) is 6.10 Å². The van der Waals surface area contributed by atoms with E-state index < -0.39 is 23.3 Å². The summed E-state index contributed by atoms with van der Waals surface area (Å²) in [6.07, 6.45) is 7.46. The van der Waals surface area contributed by atoms with Gasteiger partial charge < -0.3 is 20.1 Å². The van der Waals surface area contributed by atoms with Gasteiger partial charge >= 0.3 is 12.2 Å². The Kier molecular flexibility index (Phi) is 6.66. The van der Waals surface area contributed by atoms with Crippen molar-refractivity contribution in [2.75, 3.05) is 0 Å². The molecule has 0 aromatic heterocycles. The van der Waals surface area contributed by atoms with Gasteiger partial charge in [-0.3, -0.25) is 0 Å². The molecule has 0 fully saturated rings. The van der Waals surface area contributed by atoms with Crippen LogP contribution in [0.15, 0.2) is 54.6 Å². The molecule has 1 aliphatic carbocycles. The second-order valence-corrected chi connectivity index (χ2v) is 7.89. The predicted molar refractivity (Wildman–Crippen MR) is 105 cm³/mol. The minimum atomic E-state index is -0.601. The number of benzene rings is 1. The van der Waals surface area contributed by atoms with Gasteiger partial charge in [-0.15, -0.1) is 0 Å². The lowest BCUT2D eigenvalue weighted by molar-refractivity contribution is 0.107. The second-order valence-electron chi connectivity index (χ2n) is 7.89. The van der Waals surface area contributed by atoms with Crippen LogP contribution < -0.4 is 15.4 Å². The minimum absolute atomic E-state index is 0.252. The molecule has 0 heterocycles. The Morgan fingerprint density at radius 1 is 1.00 bits per heavy atom. The van der Waals surface area contributed by atoms with Crippen LogP contribution in [-0.4, -0.2) is 29.4 Å². The molecule has 2 amide bonds. The maximum absolute atomic E-state index is 12.2. The molecule has 1 atom stereocenters. The van der Waals surface area contributed by atoms with E-state index in [1.165, 1.54) is 0 Å². The van der Waals surface area contributed by atoms with Gasteiger partial charge in [0.15, 0.2) is 0 Å². The average molecular weight is 372 g/mol. The molecular weight excluding hydrogens is 344 g/mol. The highest BCUT2D eigenvalue weighted by Crippen LogP contribution is 2.21. The molecule has 0 radical (unpaired) electrons. The lowest BCUT2D eigenvalue weighted by atomic mass is 9.87. The number of rotatable bonds is 6. The van der Waals surface area contributed by atoms with Gasteiger partial charge in [-0.1, -0.05) is 36.4 Å². The molecule has 2 rings (SSSR count). The van der Waals surface area contributed by atoms with Crippen molar-refractivity contribution in [1.29, 1.82) is 0 Å². The summed E-state index contributed by atoms with van der Waals surface area (Å²) in [6, 6.07) is 8.86. The highest BCUT2D eigenvalue weighted by atomic mass is 16.6. The van der Waals surface area contributed by atoms with Gasteiger partial charge in [-0.2, -0.15) is 0 Å². The van der Waals surface area contributed by atoms with Crippen molar-refractivity contribution < 1.29 is 19.1 Å². The second kappa shape index (κ2) is 8.75. The Morgan fingerprint density at radius 2 is 1.63 bits per heavy atom. The molecule has 1 aliphatic rings. The fourth-order valence-corrected chi connectivity index (χ4v) is 3.18. The number of carbonyl (C=O) groups excluding carboxylic acids is 2. The molecule has 146 valence electrons. The number of ether oxygens (including phenoxy) is 2. The van der Waals surface area contributed by atoms with Crippen molar-refractivity contribution in [2.45, 2.75) is 57.7 Å². The van der Waals surface area contributed by atoms with Crippen LogP contribution in [0.4, 0.5) is 9.59 Å². The summed E-state index contributed by atoms with van der Waals surface area (Å²) in [5, 5.41) is 5.71. The van der Waals surface area contributed by atoms with Crippen LogP contribution in [0.2, 0.25) is 0 Å². The average Bonchev–Trinajstić information content (AvgIpc) is 2.54. The Hall–Kier alpha value is -2.76. The third-order valence-corrected chi connectivity index (χ3v) is 3.92. The molecule has 1 aromatic carbocycles. The fourth-order valence-electron chi connectivity index (χ4n) is 3.18. The number of carbonyl (C=O) groups is 2. The predicted octanol–water partition coefficient (Wildman–Crippen LogP) is 4.33. The van der Waals surface area contributed by atoms with Crippen molar-refractivity contribution in [3.8, 4) is 5.75 Å². The zero-order valence-electron chi connectivity index (χ0n) is 16.3. The van der Waals surface area contributed by atoms with Gasteiger partial charge in [-0.05, 0) is 52.3 Å². The summed E-state index contributed by atoms with van der Waals surface area (Å²) < 4.78 is 10.7. The van der Waals surface area contributed by atoms with Gasteiger partial charge in [0.1, 0.15) is 11.9 Å². The standard InChI is InChI=1S/C21H28N2O4/c1-20(2,22-18(24)26-16-11-7-5-8-12-16)15-21(3,4)23-19(25)27-17-13-9-6-10-14-17/h5-13,17H,14-15H2,1-4H3,(H,22,24)(H,23,25). The fraction of sp³-hybridized carbons (Fsp3) is 0.429. The Bertz CT molecular complexity index is 708. The lowest BCUT2D eigenvalue weighted by Crippen LogP contribution is -2.54. The highest BCUT2D eigenvalue weighted by Gasteiger charge is 2.32. The number of nitrogens with one attached hydrogen (secondary N) is 2. The first-order valence-electron chi connectivity index (χ1n) is 9.02. The molecule has 2 N–H and O–H groups in total. The van der Waals surface area contributed by atoms with E-state index in [0.29, 0.717) is 18.6 Å². The number of amides is 2. The van der Waals surface area contributed by atoms with E-state index in [4.69, 9.17) is 9.47 Å². The van der Waals surface area contributed by atoms with E-state index in [1.54, 1.807) is 24.3 Å². The number of hydrogen-bond acceptors (Lipinski definition) is 4. The Balaban J connectivity index is 1.84. The van der Waals surface area contributed by atoms with E-state index in [2.05, 4.69) is 10.6 Å². The summed E-state index contributed by atoms with van der Waals surface area (Å²) in [4.78, 5) is 24.3. The van der Waals surface area contributed by atoms with Crippen molar-refractivity contribution in [2.24, 2.45) is 0 Å². The van der Waals surface area contributed by atoms with Crippen LogP contribution in [0.25, 0.3) is 0 Å². The van der Waals surface area contributed by atoms with Crippen molar-refractivity contribution in [3.05, 3.63) is 54.6 Å². The van der Waals surface area contributed by atoms with Crippen LogP contribution in [-0.2, 0) is 4.74 Å². The summed E-state index contributed by atoms with van der Waals surface area (Å²) in [6.45, 7) is 7.53. The van der Waals surface area contributed by atoms with Crippen LogP contribution in [0.3, 0.4) is 0 Å². The molecule has 6 heteroatoms. The van der Waals surface area contributed by atoms with Gasteiger partial charge in [0.2, 0.25) is 0 Å². The molecule has 6 nitrogen and oxygen atoms in total. The van der Waals surface area contributed by atoms with E-state index in [0.717, 1.165) is 0 Å². The summed E-state index contributed by atoms with van der Waals surface area (Å²) in [7, 11) is 0. The molecule has 1 aromatic rings. The molecule has 0 aliphatic heterocycles. The van der Waals surface area contributed by atoms with E-state index in [1.807, 2.05) is 58.1 Å². The summed E-state index contributed by atoms with van der Waals surface area (Å²) >= 11 is 0. The highest BCUT2D eigenvalue weighted by molar-refractivity contribution is 5.71. The monoisotopic (exact) mass is 372 g/mol. The topological polar surface area (TPSA) is 76.7 Å². The smallest absolute Gasteiger partial charge is 0.413 e. The lowest BCUT2D eigenvalue weighted by Gasteiger charge is -2.35. The van der Waals surface area contributed by atoms with Gasteiger partial charge in [0.25, 0.3) is 0 Å². The Labute approximate surface area is 160 Å². The summed E-state index contributed by atoms with van der Waals surface area (Å²) in [5.41, 5.74) is -1.19. The minimum Gasteiger partial charge on any atom is -0.442 e. The third kappa shape index (κ3) is 7.56. The Morgan fingerprint density at radius 3 is 2.22 bits per heavy atom. The molecule has 27 heavy (non-hydrogen) atoms. The van der Waals surface area contributed by atoms with E-state index in [9.17, 15) is 9.59 Å². The van der Waals surface area contributed by atoms with Gasteiger partial charge in [0, 0.05) is 17.5 Å². The quantitative estimate of drug-likeness (QED) is 0.779. The first-order valence-corrected chi connectivity index (χ1v) is 9.02. The molecular formula is C21H28N2O4. The van der Waals surface area contributed by atoms with Crippen LogP contribution in [0, 0.1) is 0 Å². The molecule has 0 saturated carbocycles. The van der Waals surface area contributed by atoms with E-state index >= 15 is 0 Å². The van der Waals surface area contributed by atoms with Crippen LogP contribution in [0.5, 0.6) is 5.75 Å². The number of para-hydroxylation sites is 1. The van der Waals surface area contributed by atoms with Crippen LogP contribution in [0.1, 0.15) is 40.5 Å². The SMILES string of the molecule is CC(C)(CC(C)(C)NC(=O)OC1C=CC=CC1)NC(=O)Oc1ccccc1. The maximum Gasteiger partial charge on any atom is 0.413 e. The van der Waals surface area contributed by atoms with Crippen molar-refractivity contribution >= 4 is 12.2 Å². The third-order valence-electron chi connectivity index (χ3n) is 3.92. The summed E-state index contributed by atoms with van der Waals surface area (Å²) in [5.74, 6) is 0.473. The molecule has 1 unspecified atom stereocenters. The first kappa shape index (κ1) is 20.6. The van der Waals surface area contributed by atoms with Crippen LogP contribution >= 0.6 is 0 Å². The maximum atomic E-state index is 12.2. The zero-order chi connectivity index (χ0) is 19.9. The van der Waals surface area contributed by atoms with Crippen molar-refractivity contribution in [3.63, 3.8) is 0 Å². The molecule has 0 spiro atoms. The first-order chi connectivity index (χ1) is 12.7. The molecule has 0 saturated heterocycles. The number of alkyl carbamates (subject to hydrolysis) is 1. The normalized spacial score (nSPS) is 16.5. The molecule has 0 bridgehead atoms. The number of hydrogen-bond donors (Lipinski definition) is 2. The number of allylic oxidation sites excluding steroid dienone is 2.